The van der Waals surface area contributed by atoms with Crippen molar-refractivity contribution in [3.05, 3.63) is 0 Å². The van der Waals surface area contributed by atoms with E-state index in [2.05, 4.69) is 4.74 Å². The molecule has 0 heterocycles. The molecular weight excluding hydrogens is 318 g/mol. The third-order valence-electron chi connectivity index (χ3n) is 1.75. The van der Waals surface area contributed by atoms with Gasteiger partial charge in [-0.1, -0.05) is 6.32 Å². The van der Waals surface area contributed by atoms with Gasteiger partial charge in [0, 0.05) is 6.04 Å². The Kier molecular flexibility index (Phi) is 9.42. The van der Waals surface area contributed by atoms with Gasteiger partial charge in [-0.15, -0.1) is 0 Å². The molecule has 0 saturated carbocycles. The molecule has 0 aliphatic heterocycles. The van der Waals surface area contributed by atoms with Crippen LogP contribution in [0.5, 0.6) is 0 Å². The number of alkyl halides is 3. The second-order valence-corrected chi connectivity index (χ2v) is 5.11. The van der Waals surface area contributed by atoms with Gasteiger partial charge in [0.15, 0.2) is 0 Å². The van der Waals surface area contributed by atoms with E-state index < -0.39 is 43.6 Å². The first-order valence-corrected chi connectivity index (χ1v) is 5.45. The zero-order valence-corrected chi connectivity index (χ0v) is 14.8. The van der Waals surface area contributed by atoms with E-state index in [0.717, 1.165) is 0 Å². The third kappa shape index (κ3) is 15.0. The number of nitrogens with one attached hydrogen (secondary N) is 1. The van der Waals surface area contributed by atoms with Crippen LogP contribution < -0.4 is 56.7 Å². The molecule has 0 saturated heterocycles. The Labute approximate surface area is 155 Å². The van der Waals surface area contributed by atoms with Crippen molar-refractivity contribution in [2.75, 3.05) is 0 Å². The van der Waals surface area contributed by atoms with Crippen molar-refractivity contribution in [3.8, 4) is 0 Å². The first kappa shape index (κ1) is 22.8. The van der Waals surface area contributed by atoms with Crippen LogP contribution in [0, 0.1) is 0 Å². The van der Waals surface area contributed by atoms with Gasteiger partial charge in [-0.3, -0.25) is 0 Å². The normalized spacial score (nSPS) is 14.2. The Balaban J connectivity index is 0. The van der Waals surface area contributed by atoms with Gasteiger partial charge in [-0.05, 0) is 20.8 Å². The quantitative estimate of drug-likeness (QED) is 0.607. The number of alkyl carbamates (subject to hydrolysis) is 1. The predicted octanol–water partition coefficient (Wildman–Crippen LogP) is 0.683. The molecule has 0 aromatic carbocycles. The summed E-state index contributed by atoms with van der Waals surface area (Å²) in [6, 6.07) is -2.07. The summed E-state index contributed by atoms with van der Waals surface area (Å²) in [4.78, 5) is 11.2. The number of carbonyl (C=O) groups excluding carboxylic acids is 1. The number of amides is 1. The van der Waals surface area contributed by atoms with Crippen LogP contribution >= 0.6 is 0 Å². The van der Waals surface area contributed by atoms with E-state index in [0.29, 0.717) is 0 Å². The van der Waals surface area contributed by atoms with Gasteiger partial charge in [0.25, 0.3) is 0 Å². The standard InChI is InChI=1S/C9H15BF6NO2.K/c1-8(2,3)19-7(18)17-6(4-9(11,12)13)5-10(14,15)16;/h6H,4-5H2,1-3H3,(H,17,18);/q-1;+1/t6-;/m0./s1. The summed E-state index contributed by atoms with van der Waals surface area (Å²) in [5.74, 6) is 0. The molecule has 3 nitrogen and oxygen atoms in total. The zero-order valence-electron chi connectivity index (χ0n) is 11.7. The molecule has 0 aliphatic carbocycles. The molecule has 11 heteroatoms. The number of hydrogen-bond acceptors (Lipinski definition) is 2. The second-order valence-electron chi connectivity index (χ2n) is 5.11. The van der Waals surface area contributed by atoms with Gasteiger partial charge in [-0.25, -0.2) is 4.79 Å². The van der Waals surface area contributed by atoms with Gasteiger partial charge in [0.2, 0.25) is 0 Å². The first-order chi connectivity index (χ1) is 8.18. The van der Waals surface area contributed by atoms with Crippen LogP contribution in [-0.4, -0.2) is 30.9 Å². The molecule has 0 rings (SSSR count). The fourth-order valence-corrected chi connectivity index (χ4v) is 1.27. The van der Waals surface area contributed by atoms with Crippen LogP contribution in [-0.2, 0) is 4.74 Å². The Morgan fingerprint density at radius 1 is 1.20 bits per heavy atom. The molecule has 0 bridgehead atoms. The summed E-state index contributed by atoms with van der Waals surface area (Å²) in [5, 5.41) is 1.60. The largest absolute Gasteiger partial charge is 1.00 e. The van der Waals surface area contributed by atoms with Crippen LogP contribution in [0.25, 0.3) is 0 Å². The smallest absolute Gasteiger partial charge is 0.449 e. The molecule has 20 heavy (non-hydrogen) atoms. The Morgan fingerprint density at radius 3 is 1.95 bits per heavy atom. The van der Waals surface area contributed by atoms with Crippen molar-refractivity contribution < 1.29 is 87.0 Å². The Bertz CT molecular complexity index is 299. The molecule has 114 valence electrons. The predicted molar refractivity (Wildman–Crippen MR) is 57.7 cm³/mol. The molecule has 0 aromatic heterocycles. The third-order valence-corrected chi connectivity index (χ3v) is 1.75. The Hall–Kier alpha value is 0.551. The van der Waals surface area contributed by atoms with Gasteiger partial charge in [0.1, 0.15) is 5.60 Å². The molecule has 0 spiro atoms. The van der Waals surface area contributed by atoms with Gasteiger partial charge in [-0.2, -0.15) is 13.2 Å². The summed E-state index contributed by atoms with van der Waals surface area (Å²) >= 11 is 0. The summed E-state index contributed by atoms with van der Waals surface area (Å²) < 4.78 is 77.5. The average Bonchev–Trinajstić information content (AvgIpc) is 1.90. The number of hydrogen-bond donors (Lipinski definition) is 1. The van der Waals surface area contributed by atoms with E-state index in [1.165, 1.54) is 20.8 Å². The van der Waals surface area contributed by atoms with Crippen molar-refractivity contribution in [1.29, 1.82) is 0 Å². The molecule has 0 fully saturated rings. The van der Waals surface area contributed by atoms with Crippen LogP contribution in [0.2, 0.25) is 6.32 Å². The summed E-state index contributed by atoms with van der Waals surface area (Å²) in [5.41, 5.74) is -1.00. The van der Waals surface area contributed by atoms with E-state index in [-0.39, 0.29) is 51.4 Å². The van der Waals surface area contributed by atoms with E-state index in [1.807, 2.05) is 0 Å². The zero-order chi connectivity index (χ0) is 15.5. The molecule has 0 radical (unpaired) electrons. The van der Waals surface area contributed by atoms with Crippen LogP contribution in [0.15, 0.2) is 0 Å². The van der Waals surface area contributed by atoms with Crippen molar-refractivity contribution in [2.24, 2.45) is 0 Å². The van der Waals surface area contributed by atoms with E-state index in [9.17, 15) is 30.9 Å². The fourth-order valence-electron chi connectivity index (χ4n) is 1.27. The molecule has 1 atom stereocenters. The van der Waals surface area contributed by atoms with Gasteiger partial charge >= 0.3 is 70.6 Å². The van der Waals surface area contributed by atoms with E-state index in [1.54, 1.807) is 5.32 Å². The van der Waals surface area contributed by atoms with Crippen molar-refractivity contribution in [3.63, 3.8) is 0 Å². The molecule has 0 aromatic rings. The maximum atomic E-state index is 12.2. The number of halogens is 6. The molecule has 0 aliphatic rings. The Morgan fingerprint density at radius 2 is 1.65 bits per heavy atom. The minimum absolute atomic E-state index is 0. The van der Waals surface area contributed by atoms with Crippen LogP contribution in [0.4, 0.5) is 30.9 Å². The molecule has 0 unspecified atom stereocenters. The number of rotatable bonds is 4. The first-order valence-electron chi connectivity index (χ1n) is 5.45. The van der Waals surface area contributed by atoms with Gasteiger partial charge < -0.3 is 23.0 Å². The van der Waals surface area contributed by atoms with Gasteiger partial charge in [0.05, 0.1) is 6.42 Å². The summed E-state index contributed by atoms with van der Waals surface area (Å²) in [7, 11) is 0. The van der Waals surface area contributed by atoms with Crippen LogP contribution in [0.3, 0.4) is 0 Å². The van der Waals surface area contributed by atoms with Crippen LogP contribution in [0.1, 0.15) is 27.2 Å². The SMILES string of the molecule is CC(C)(C)OC(=O)N[C@H](C[B-](F)(F)F)CC(F)(F)F.[K+]. The van der Waals surface area contributed by atoms with E-state index in [4.69, 9.17) is 0 Å². The minimum atomic E-state index is -5.45. The maximum Gasteiger partial charge on any atom is 1.00 e. The second kappa shape index (κ2) is 8.25. The fraction of sp³-hybridized carbons (Fsp3) is 0.889. The molecular formula is C9H15BF6KNO2. The topological polar surface area (TPSA) is 38.3 Å². The summed E-state index contributed by atoms with van der Waals surface area (Å²) in [6.45, 7) is -1.11. The molecule has 1 amide bonds. The number of carbonyl (C=O) groups is 1. The molecule has 1 N–H and O–H groups in total. The monoisotopic (exact) mass is 333 g/mol. The maximum absolute atomic E-state index is 12.2. The van der Waals surface area contributed by atoms with E-state index >= 15 is 0 Å². The average molecular weight is 333 g/mol. The van der Waals surface area contributed by atoms with Crippen molar-refractivity contribution in [1.82, 2.24) is 5.32 Å². The van der Waals surface area contributed by atoms with Crippen molar-refractivity contribution in [2.45, 2.75) is 51.3 Å². The summed E-state index contributed by atoms with van der Waals surface area (Å²) in [6.07, 6.45) is -9.57. The number of ether oxygens (including phenoxy) is 1. The minimum Gasteiger partial charge on any atom is -0.449 e. The van der Waals surface area contributed by atoms with Crippen molar-refractivity contribution >= 4 is 13.1 Å².